The highest BCUT2D eigenvalue weighted by Crippen LogP contribution is 2.10. The summed E-state index contributed by atoms with van der Waals surface area (Å²) in [5.74, 6) is 1.92. The first-order valence-corrected chi connectivity index (χ1v) is 3.87. The van der Waals surface area contributed by atoms with Crippen LogP contribution in [0, 0.1) is 6.92 Å². The van der Waals surface area contributed by atoms with Crippen molar-refractivity contribution in [2.24, 2.45) is 0 Å². The monoisotopic (exact) mass is 162 g/mol. The Morgan fingerprint density at radius 2 is 2.42 bits per heavy atom. The first kappa shape index (κ1) is 7.16. The fraction of sp³-hybridized carbons (Fsp3) is 0.222. The van der Waals surface area contributed by atoms with Crippen molar-refractivity contribution >= 4 is 0 Å². The van der Waals surface area contributed by atoms with Crippen LogP contribution in [-0.4, -0.2) is 9.97 Å². The van der Waals surface area contributed by atoms with E-state index in [0.717, 1.165) is 23.6 Å². The number of hydrogen-bond donors (Lipinski definition) is 1. The second-order valence-corrected chi connectivity index (χ2v) is 2.77. The van der Waals surface area contributed by atoms with Crippen LogP contribution >= 0.6 is 0 Å². The number of furan rings is 1. The van der Waals surface area contributed by atoms with Gasteiger partial charge in [-0.05, 0) is 19.1 Å². The van der Waals surface area contributed by atoms with Crippen LogP contribution < -0.4 is 0 Å². The fourth-order valence-corrected chi connectivity index (χ4v) is 1.15. The quantitative estimate of drug-likeness (QED) is 0.732. The number of H-pyrrole nitrogens is 1. The van der Waals surface area contributed by atoms with Crippen LogP contribution in [0.1, 0.15) is 17.2 Å². The molecule has 0 saturated carbocycles. The third-order valence-corrected chi connectivity index (χ3v) is 1.72. The summed E-state index contributed by atoms with van der Waals surface area (Å²) in [5.41, 5.74) is 1.07. The Morgan fingerprint density at radius 3 is 3.00 bits per heavy atom. The summed E-state index contributed by atoms with van der Waals surface area (Å²) in [6, 6.07) is 3.95. The Balaban J connectivity index is 2.14. The van der Waals surface area contributed by atoms with Gasteiger partial charge in [0.1, 0.15) is 11.5 Å². The number of rotatable bonds is 2. The van der Waals surface area contributed by atoms with Crippen molar-refractivity contribution < 1.29 is 4.42 Å². The van der Waals surface area contributed by atoms with Crippen LogP contribution in [0.15, 0.2) is 29.1 Å². The van der Waals surface area contributed by atoms with Gasteiger partial charge in [-0.25, -0.2) is 4.98 Å². The van der Waals surface area contributed by atoms with Gasteiger partial charge in [-0.15, -0.1) is 0 Å². The van der Waals surface area contributed by atoms with Crippen molar-refractivity contribution in [3.05, 3.63) is 41.9 Å². The van der Waals surface area contributed by atoms with Crippen molar-refractivity contribution in [3.8, 4) is 0 Å². The average Bonchev–Trinajstić information content (AvgIpc) is 2.63. The van der Waals surface area contributed by atoms with Gasteiger partial charge in [0.25, 0.3) is 0 Å². The summed E-state index contributed by atoms with van der Waals surface area (Å²) >= 11 is 0. The maximum atomic E-state index is 5.41. The van der Waals surface area contributed by atoms with E-state index in [1.807, 2.05) is 19.1 Å². The van der Waals surface area contributed by atoms with Gasteiger partial charge in [0, 0.05) is 18.3 Å². The van der Waals surface area contributed by atoms with E-state index >= 15 is 0 Å². The lowest BCUT2D eigenvalue weighted by atomic mass is 10.3. The molecular weight excluding hydrogens is 152 g/mol. The molecule has 1 N–H and O–H groups in total. The summed E-state index contributed by atoms with van der Waals surface area (Å²) in [5, 5.41) is 0. The number of aromatic amines is 1. The maximum absolute atomic E-state index is 5.41. The zero-order chi connectivity index (χ0) is 8.39. The summed E-state index contributed by atoms with van der Waals surface area (Å²) < 4.78 is 5.41. The zero-order valence-corrected chi connectivity index (χ0v) is 6.87. The van der Waals surface area contributed by atoms with E-state index in [-0.39, 0.29) is 0 Å². The molecule has 2 rings (SSSR count). The third kappa shape index (κ3) is 1.39. The molecule has 0 unspecified atom stereocenters. The summed E-state index contributed by atoms with van der Waals surface area (Å²) in [6.07, 6.45) is 4.26. The molecule has 0 radical (unpaired) electrons. The Kier molecular flexibility index (Phi) is 1.70. The van der Waals surface area contributed by atoms with Gasteiger partial charge in [0.15, 0.2) is 0 Å². The summed E-state index contributed by atoms with van der Waals surface area (Å²) in [4.78, 5) is 6.95. The van der Waals surface area contributed by atoms with Gasteiger partial charge in [0.05, 0.1) is 6.33 Å². The molecule has 0 spiro atoms. The number of nitrogens with zero attached hydrogens (tertiary/aromatic N) is 1. The second kappa shape index (κ2) is 2.85. The van der Waals surface area contributed by atoms with Gasteiger partial charge < -0.3 is 9.40 Å². The van der Waals surface area contributed by atoms with Crippen molar-refractivity contribution in [2.45, 2.75) is 13.3 Å². The largest absolute Gasteiger partial charge is 0.466 e. The number of nitrogens with one attached hydrogen (secondary N) is 1. The molecule has 0 fully saturated rings. The average molecular weight is 162 g/mol. The molecule has 62 valence electrons. The molecule has 12 heavy (non-hydrogen) atoms. The van der Waals surface area contributed by atoms with Crippen LogP contribution in [0.3, 0.4) is 0 Å². The predicted molar refractivity (Wildman–Crippen MR) is 44.8 cm³/mol. The van der Waals surface area contributed by atoms with E-state index in [9.17, 15) is 0 Å². The molecule has 0 aromatic carbocycles. The molecule has 0 bridgehead atoms. The van der Waals surface area contributed by atoms with Crippen LogP contribution in [0.2, 0.25) is 0 Å². The van der Waals surface area contributed by atoms with Crippen molar-refractivity contribution in [1.29, 1.82) is 0 Å². The fourth-order valence-electron chi connectivity index (χ4n) is 1.15. The van der Waals surface area contributed by atoms with E-state index in [4.69, 9.17) is 4.42 Å². The molecule has 3 nitrogen and oxygen atoms in total. The SMILES string of the molecule is Cc1ccc(Cc2cnc[nH]2)o1. The molecule has 0 aliphatic rings. The second-order valence-electron chi connectivity index (χ2n) is 2.77. The predicted octanol–water partition coefficient (Wildman–Crippen LogP) is 1.90. The number of aryl methyl sites for hydroxylation is 1. The lowest BCUT2D eigenvalue weighted by Crippen LogP contribution is -1.83. The Labute approximate surface area is 70.4 Å². The van der Waals surface area contributed by atoms with Gasteiger partial charge >= 0.3 is 0 Å². The van der Waals surface area contributed by atoms with Gasteiger partial charge in [-0.3, -0.25) is 0 Å². The van der Waals surface area contributed by atoms with Crippen molar-refractivity contribution in [3.63, 3.8) is 0 Å². The minimum absolute atomic E-state index is 0.786. The Bertz CT molecular complexity index is 348. The lowest BCUT2D eigenvalue weighted by Gasteiger charge is -1.91. The zero-order valence-electron chi connectivity index (χ0n) is 6.87. The molecule has 0 aliphatic carbocycles. The van der Waals surface area contributed by atoms with E-state index in [1.54, 1.807) is 12.5 Å². The van der Waals surface area contributed by atoms with Crippen LogP contribution in [0.25, 0.3) is 0 Å². The smallest absolute Gasteiger partial charge is 0.110 e. The van der Waals surface area contributed by atoms with Gasteiger partial charge in [0.2, 0.25) is 0 Å². The van der Waals surface area contributed by atoms with Crippen molar-refractivity contribution in [2.75, 3.05) is 0 Å². The third-order valence-electron chi connectivity index (χ3n) is 1.72. The molecule has 2 aromatic heterocycles. The number of aromatic nitrogens is 2. The summed E-state index contributed by atoms with van der Waals surface area (Å²) in [7, 11) is 0. The Morgan fingerprint density at radius 1 is 1.50 bits per heavy atom. The van der Waals surface area contributed by atoms with Crippen LogP contribution in [0.5, 0.6) is 0 Å². The highest BCUT2D eigenvalue weighted by atomic mass is 16.3. The molecule has 3 heteroatoms. The van der Waals surface area contributed by atoms with Gasteiger partial charge in [-0.1, -0.05) is 0 Å². The highest BCUT2D eigenvalue weighted by molar-refractivity contribution is 5.12. The first-order valence-electron chi connectivity index (χ1n) is 3.87. The van der Waals surface area contributed by atoms with Gasteiger partial charge in [-0.2, -0.15) is 0 Å². The van der Waals surface area contributed by atoms with Crippen molar-refractivity contribution in [1.82, 2.24) is 9.97 Å². The number of hydrogen-bond acceptors (Lipinski definition) is 2. The molecule has 0 atom stereocenters. The van der Waals surface area contributed by atoms with E-state index in [2.05, 4.69) is 9.97 Å². The Hall–Kier alpha value is -1.51. The molecule has 0 aliphatic heterocycles. The number of imidazole rings is 1. The first-order chi connectivity index (χ1) is 5.84. The lowest BCUT2D eigenvalue weighted by molar-refractivity contribution is 0.492. The molecule has 2 heterocycles. The maximum Gasteiger partial charge on any atom is 0.110 e. The van der Waals surface area contributed by atoms with E-state index in [0.29, 0.717) is 0 Å². The minimum atomic E-state index is 0.786. The standard InChI is InChI=1S/C9H10N2O/c1-7-2-3-9(12-7)4-8-5-10-6-11-8/h2-3,5-6H,4H2,1H3,(H,10,11). The molecular formula is C9H10N2O. The molecule has 0 amide bonds. The molecule has 2 aromatic rings. The minimum Gasteiger partial charge on any atom is -0.466 e. The topological polar surface area (TPSA) is 41.8 Å². The van der Waals surface area contributed by atoms with Crippen LogP contribution in [0.4, 0.5) is 0 Å². The van der Waals surface area contributed by atoms with E-state index in [1.165, 1.54) is 0 Å². The highest BCUT2D eigenvalue weighted by Gasteiger charge is 2.00. The summed E-state index contributed by atoms with van der Waals surface area (Å²) in [6.45, 7) is 1.94. The van der Waals surface area contributed by atoms with E-state index < -0.39 is 0 Å². The molecule has 0 saturated heterocycles. The van der Waals surface area contributed by atoms with Crippen LogP contribution in [-0.2, 0) is 6.42 Å². The normalized spacial score (nSPS) is 10.4.